The molecule has 0 aliphatic carbocycles. The minimum Gasteiger partial charge on any atom is -0.481 e. The van der Waals surface area contributed by atoms with Gasteiger partial charge in [-0.3, -0.25) is 14.4 Å². The second-order valence-corrected chi connectivity index (χ2v) is 8.82. The number of esters is 2. The summed E-state index contributed by atoms with van der Waals surface area (Å²) in [6.07, 6.45) is -0.540. The highest BCUT2D eigenvalue weighted by Gasteiger charge is 2.42. The molecule has 0 aromatic rings. The third-order valence-corrected chi connectivity index (χ3v) is 5.85. The van der Waals surface area contributed by atoms with E-state index < -0.39 is 54.5 Å². The largest absolute Gasteiger partial charge is 0.481 e. The second kappa shape index (κ2) is 12.3. The van der Waals surface area contributed by atoms with Gasteiger partial charge in [0.15, 0.2) is 0 Å². The predicted molar refractivity (Wildman–Crippen MR) is 118 cm³/mol. The molecule has 0 saturated carbocycles. The van der Waals surface area contributed by atoms with E-state index in [0.29, 0.717) is 17.6 Å². The van der Waals surface area contributed by atoms with E-state index in [2.05, 4.69) is 0 Å². The average molecular weight is 487 g/mol. The van der Waals surface area contributed by atoms with E-state index in [-0.39, 0.29) is 30.7 Å². The highest BCUT2D eigenvalue weighted by Crippen LogP contribution is 2.32. The van der Waals surface area contributed by atoms with Gasteiger partial charge in [-0.15, -0.1) is 0 Å². The summed E-state index contributed by atoms with van der Waals surface area (Å²) in [5.74, 6) is -2.24. The van der Waals surface area contributed by atoms with Crippen molar-refractivity contribution >= 4 is 29.5 Å². The number of hydrogen-bond donors (Lipinski definition) is 3. The lowest BCUT2D eigenvalue weighted by Gasteiger charge is -2.24. The maximum atomic E-state index is 12.7. The van der Waals surface area contributed by atoms with Crippen LogP contribution in [0.4, 0.5) is 0 Å². The summed E-state index contributed by atoms with van der Waals surface area (Å²) in [6.45, 7) is 4.51. The normalized spacial score (nSPS) is 33.6. The summed E-state index contributed by atoms with van der Waals surface area (Å²) in [7, 11) is 0. The third-order valence-electron chi connectivity index (χ3n) is 5.44. The van der Waals surface area contributed by atoms with Crippen molar-refractivity contribution in [3.63, 3.8) is 0 Å². The highest BCUT2D eigenvalue weighted by atomic mass is 35.5. The van der Waals surface area contributed by atoms with Gasteiger partial charge in [0.1, 0.15) is 24.4 Å². The van der Waals surface area contributed by atoms with Crippen molar-refractivity contribution in [2.24, 2.45) is 0 Å². The summed E-state index contributed by atoms with van der Waals surface area (Å²) in [4.78, 5) is 35.1. The zero-order valence-electron chi connectivity index (χ0n) is 18.9. The SMILES string of the molecule is CC(=O)O[C@H]1CC(=O)O[C@H]2C[C@H](C[C@@H](O)/C(Cl)=C\C/C=C\1C)O[C@H]2[C@H](O)/C=C(\C)CC(=O)O. The first kappa shape index (κ1) is 27.0. The maximum absolute atomic E-state index is 12.7. The molecular weight excluding hydrogens is 456 g/mol. The first-order valence-electron chi connectivity index (χ1n) is 10.8. The molecule has 0 unspecified atom stereocenters. The van der Waals surface area contributed by atoms with Crippen LogP contribution in [0.15, 0.2) is 34.4 Å². The Morgan fingerprint density at radius 3 is 2.64 bits per heavy atom. The summed E-state index contributed by atoms with van der Waals surface area (Å²) >= 11 is 6.22. The number of aliphatic carboxylic acids is 1. The molecule has 10 heteroatoms. The number of rotatable bonds is 5. The van der Waals surface area contributed by atoms with E-state index in [1.54, 1.807) is 26.0 Å². The fourth-order valence-corrected chi connectivity index (χ4v) is 4.04. The molecule has 1 saturated heterocycles. The number of fused-ring (bicyclic) bond motifs is 2. The Kier molecular flexibility index (Phi) is 10.1. The number of hydrogen-bond acceptors (Lipinski definition) is 8. The molecule has 1 fully saturated rings. The van der Waals surface area contributed by atoms with Crippen molar-refractivity contribution in [1.82, 2.24) is 0 Å². The molecular formula is C23H31ClO9. The summed E-state index contributed by atoms with van der Waals surface area (Å²) < 4.78 is 16.7. The van der Waals surface area contributed by atoms with Crippen molar-refractivity contribution in [3.8, 4) is 0 Å². The molecule has 2 aliphatic heterocycles. The minimum absolute atomic E-state index is 0.128. The number of halogens is 1. The Hall–Kier alpha value is -2.20. The molecule has 0 radical (unpaired) electrons. The van der Waals surface area contributed by atoms with Crippen LogP contribution < -0.4 is 0 Å². The standard InChI is InChI=1S/C23H31ClO9/c1-12(8-21(28)29)7-18(27)23-20-10-15(32-23)9-17(26)16(24)6-4-5-13(2)19(31-14(3)25)11-22(30)33-20/h5-7,15,17-20,23,26-27H,4,8-11H2,1-3H3,(H,28,29)/b12-7+,13-5-,16-6+/t15-,17+,18+,19-,20-,23-/m0/s1. The van der Waals surface area contributed by atoms with Crippen LogP contribution >= 0.6 is 11.6 Å². The number of ether oxygens (including phenoxy) is 3. The van der Waals surface area contributed by atoms with Crippen LogP contribution in [-0.4, -0.2) is 69.9 Å². The maximum Gasteiger partial charge on any atom is 0.310 e. The van der Waals surface area contributed by atoms with Crippen molar-refractivity contribution < 1.29 is 43.9 Å². The van der Waals surface area contributed by atoms with Crippen molar-refractivity contribution in [2.75, 3.05) is 0 Å². The van der Waals surface area contributed by atoms with Crippen LogP contribution in [0.1, 0.15) is 52.9 Å². The molecule has 0 amide bonds. The van der Waals surface area contributed by atoms with Gasteiger partial charge >= 0.3 is 17.9 Å². The summed E-state index contributed by atoms with van der Waals surface area (Å²) in [5, 5.41) is 30.3. The van der Waals surface area contributed by atoms with Crippen molar-refractivity contribution in [1.29, 1.82) is 0 Å². The molecule has 3 N–H and O–H groups in total. The monoisotopic (exact) mass is 486 g/mol. The molecule has 2 bridgehead atoms. The average Bonchev–Trinajstić information content (AvgIpc) is 3.07. The van der Waals surface area contributed by atoms with Crippen LogP contribution in [-0.2, 0) is 28.6 Å². The first-order chi connectivity index (χ1) is 15.5. The molecule has 0 aromatic carbocycles. The zero-order valence-corrected chi connectivity index (χ0v) is 19.7. The summed E-state index contributed by atoms with van der Waals surface area (Å²) in [6, 6.07) is 0. The smallest absolute Gasteiger partial charge is 0.310 e. The number of aliphatic hydroxyl groups is 2. The van der Waals surface area contributed by atoms with Crippen LogP contribution in [0, 0.1) is 0 Å². The van der Waals surface area contributed by atoms with E-state index in [9.17, 15) is 24.6 Å². The topological polar surface area (TPSA) is 140 Å². The predicted octanol–water partition coefficient (Wildman–Crippen LogP) is 2.38. The lowest BCUT2D eigenvalue weighted by atomic mass is 10.0. The third kappa shape index (κ3) is 8.58. The number of carbonyl (C=O) groups is 3. The lowest BCUT2D eigenvalue weighted by molar-refractivity contribution is -0.159. The fraction of sp³-hybridized carbons (Fsp3) is 0.609. The van der Waals surface area contributed by atoms with Gasteiger partial charge in [0, 0.05) is 24.8 Å². The molecule has 2 aliphatic rings. The van der Waals surface area contributed by atoms with Crippen LogP contribution in [0.5, 0.6) is 0 Å². The number of carboxylic acids is 1. The quantitative estimate of drug-likeness (QED) is 0.394. The van der Waals surface area contributed by atoms with E-state index in [1.807, 2.05) is 0 Å². The van der Waals surface area contributed by atoms with Gasteiger partial charge in [-0.2, -0.15) is 0 Å². The second-order valence-electron chi connectivity index (χ2n) is 8.39. The Bertz CT molecular complexity index is 832. The molecule has 33 heavy (non-hydrogen) atoms. The Morgan fingerprint density at radius 1 is 1.30 bits per heavy atom. The molecule has 6 atom stereocenters. The Morgan fingerprint density at radius 2 is 2.00 bits per heavy atom. The number of aliphatic hydroxyl groups excluding tert-OH is 2. The number of carboxylic acid groups (broad SMARTS) is 1. The zero-order chi connectivity index (χ0) is 24.7. The molecule has 0 spiro atoms. The van der Waals surface area contributed by atoms with E-state index in [0.717, 1.165) is 0 Å². The highest BCUT2D eigenvalue weighted by molar-refractivity contribution is 6.30. The summed E-state index contributed by atoms with van der Waals surface area (Å²) in [5.41, 5.74) is 1.04. The molecule has 0 aromatic heterocycles. The van der Waals surface area contributed by atoms with Crippen LogP contribution in [0.25, 0.3) is 0 Å². The lowest BCUT2D eigenvalue weighted by Crippen LogP contribution is -2.37. The van der Waals surface area contributed by atoms with E-state index in [1.165, 1.54) is 13.0 Å². The van der Waals surface area contributed by atoms with Gasteiger partial charge < -0.3 is 29.5 Å². The van der Waals surface area contributed by atoms with E-state index >= 15 is 0 Å². The molecule has 9 nitrogen and oxygen atoms in total. The molecule has 184 valence electrons. The number of carbonyl (C=O) groups excluding carboxylic acids is 2. The molecule has 2 heterocycles. The van der Waals surface area contributed by atoms with Gasteiger partial charge in [0.25, 0.3) is 0 Å². The number of allylic oxidation sites excluding steroid dienone is 2. The van der Waals surface area contributed by atoms with Gasteiger partial charge in [0.2, 0.25) is 0 Å². The van der Waals surface area contributed by atoms with Gasteiger partial charge in [0.05, 0.1) is 25.0 Å². The van der Waals surface area contributed by atoms with Crippen LogP contribution in [0.2, 0.25) is 0 Å². The minimum atomic E-state index is -1.24. The van der Waals surface area contributed by atoms with Gasteiger partial charge in [-0.25, -0.2) is 0 Å². The fourth-order valence-electron chi connectivity index (χ4n) is 3.86. The van der Waals surface area contributed by atoms with E-state index in [4.69, 9.17) is 30.9 Å². The van der Waals surface area contributed by atoms with Gasteiger partial charge in [-0.05, 0) is 25.8 Å². The Labute approximate surface area is 197 Å². The van der Waals surface area contributed by atoms with Crippen molar-refractivity contribution in [2.45, 2.75) is 89.5 Å². The van der Waals surface area contributed by atoms with Crippen LogP contribution in [0.3, 0.4) is 0 Å². The Balaban J connectivity index is 2.31. The first-order valence-corrected chi connectivity index (χ1v) is 11.1. The molecule has 2 rings (SSSR count). The van der Waals surface area contributed by atoms with Crippen molar-refractivity contribution in [3.05, 3.63) is 34.4 Å². The van der Waals surface area contributed by atoms with Gasteiger partial charge in [-0.1, -0.05) is 35.4 Å².